The highest BCUT2D eigenvalue weighted by atomic mass is 35.5. The lowest BCUT2D eigenvalue weighted by molar-refractivity contribution is 0.0985. The Kier molecular flexibility index (Phi) is 4.05. The average Bonchev–Trinajstić information content (AvgIpc) is 2.22. The third-order valence-electron chi connectivity index (χ3n) is 1.91. The van der Waals surface area contributed by atoms with Crippen molar-refractivity contribution in [2.75, 3.05) is 13.7 Å². The van der Waals surface area contributed by atoms with Crippen molar-refractivity contribution in [3.63, 3.8) is 0 Å². The van der Waals surface area contributed by atoms with Crippen LogP contribution in [0.2, 0.25) is 5.02 Å². The van der Waals surface area contributed by atoms with E-state index in [4.69, 9.17) is 22.1 Å². The predicted octanol–water partition coefficient (Wildman–Crippen LogP) is 2.02. The smallest absolute Gasteiger partial charge is 0.183 e. The van der Waals surface area contributed by atoms with Gasteiger partial charge in [0.05, 0.1) is 12.1 Å². The van der Waals surface area contributed by atoms with Crippen LogP contribution in [0, 0.1) is 5.82 Å². The molecule has 0 bridgehead atoms. The zero-order chi connectivity index (χ0) is 11.4. The Morgan fingerprint density at radius 3 is 2.80 bits per heavy atom. The summed E-state index contributed by atoms with van der Waals surface area (Å²) >= 11 is 5.60. The SMILES string of the molecule is COc1cc(C(=O)CCN)cc(Cl)c1F. The maximum Gasteiger partial charge on any atom is 0.183 e. The van der Waals surface area contributed by atoms with Gasteiger partial charge < -0.3 is 10.5 Å². The molecule has 0 amide bonds. The lowest BCUT2D eigenvalue weighted by Crippen LogP contribution is -2.08. The number of methoxy groups -OCH3 is 1. The van der Waals surface area contributed by atoms with Crippen LogP contribution in [0.3, 0.4) is 0 Å². The molecular weight excluding hydrogens is 221 g/mol. The molecule has 1 rings (SSSR count). The number of carbonyl (C=O) groups excluding carboxylic acids is 1. The van der Waals surface area contributed by atoms with Gasteiger partial charge in [0.25, 0.3) is 0 Å². The molecule has 0 aliphatic heterocycles. The summed E-state index contributed by atoms with van der Waals surface area (Å²) in [5, 5.41) is -0.130. The highest BCUT2D eigenvalue weighted by molar-refractivity contribution is 6.31. The summed E-state index contributed by atoms with van der Waals surface area (Å²) in [6.07, 6.45) is 0.200. The second-order valence-corrected chi connectivity index (χ2v) is 3.34. The van der Waals surface area contributed by atoms with Gasteiger partial charge in [-0.05, 0) is 18.7 Å². The van der Waals surface area contributed by atoms with E-state index in [9.17, 15) is 9.18 Å². The minimum atomic E-state index is -0.663. The number of carbonyl (C=O) groups is 1. The Hall–Kier alpha value is -1.13. The number of hydrogen-bond donors (Lipinski definition) is 1. The Labute approximate surface area is 92.0 Å². The van der Waals surface area contributed by atoms with E-state index in [0.29, 0.717) is 5.56 Å². The van der Waals surface area contributed by atoms with Crippen molar-refractivity contribution in [1.29, 1.82) is 0 Å². The van der Waals surface area contributed by atoms with Crippen LogP contribution in [0.25, 0.3) is 0 Å². The monoisotopic (exact) mass is 231 g/mol. The molecule has 0 heterocycles. The molecule has 3 nitrogen and oxygen atoms in total. The molecule has 0 unspecified atom stereocenters. The van der Waals surface area contributed by atoms with Crippen molar-refractivity contribution in [2.45, 2.75) is 6.42 Å². The third-order valence-corrected chi connectivity index (χ3v) is 2.18. The van der Waals surface area contributed by atoms with Crippen LogP contribution >= 0.6 is 11.6 Å². The zero-order valence-corrected chi connectivity index (χ0v) is 8.97. The molecule has 0 spiro atoms. The molecule has 5 heteroatoms. The van der Waals surface area contributed by atoms with Crippen molar-refractivity contribution in [3.8, 4) is 5.75 Å². The fourth-order valence-corrected chi connectivity index (χ4v) is 1.36. The van der Waals surface area contributed by atoms with Gasteiger partial charge in [-0.1, -0.05) is 11.6 Å². The molecule has 0 aromatic heterocycles. The number of nitrogens with two attached hydrogens (primary N) is 1. The summed E-state index contributed by atoms with van der Waals surface area (Å²) in [6.45, 7) is 0.246. The minimum Gasteiger partial charge on any atom is -0.494 e. The molecule has 0 saturated carbocycles. The van der Waals surface area contributed by atoms with E-state index < -0.39 is 5.82 Å². The maximum absolute atomic E-state index is 13.2. The van der Waals surface area contributed by atoms with E-state index in [1.54, 1.807) is 0 Å². The van der Waals surface area contributed by atoms with Gasteiger partial charge in [0.15, 0.2) is 17.3 Å². The highest BCUT2D eigenvalue weighted by Crippen LogP contribution is 2.26. The molecule has 2 N–H and O–H groups in total. The van der Waals surface area contributed by atoms with Gasteiger partial charge >= 0.3 is 0 Å². The van der Waals surface area contributed by atoms with Crippen LogP contribution in [0.15, 0.2) is 12.1 Å². The fraction of sp³-hybridized carbons (Fsp3) is 0.300. The third kappa shape index (κ3) is 2.67. The number of rotatable bonds is 4. The molecule has 1 aromatic carbocycles. The van der Waals surface area contributed by atoms with Crippen LogP contribution in [0.4, 0.5) is 4.39 Å². The van der Waals surface area contributed by atoms with Gasteiger partial charge in [0, 0.05) is 12.0 Å². The topological polar surface area (TPSA) is 52.3 Å². The molecule has 0 fully saturated rings. The van der Waals surface area contributed by atoms with Gasteiger partial charge in [-0.2, -0.15) is 0 Å². The first-order valence-corrected chi connectivity index (χ1v) is 4.74. The van der Waals surface area contributed by atoms with Crippen molar-refractivity contribution < 1.29 is 13.9 Å². The van der Waals surface area contributed by atoms with E-state index in [1.165, 1.54) is 19.2 Å². The van der Waals surface area contributed by atoms with Crippen molar-refractivity contribution in [1.82, 2.24) is 0 Å². The van der Waals surface area contributed by atoms with Crippen LogP contribution < -0.4 is 10.5 Å². The molecule has 0 aliphatic rings. The summed E-state index contributed by atoms with van der Waals surface area (Å²) in [6, 6.07) is 2.59. The van der Waals surface area contributed by atoms with E-state index in [0.717, 1.165) is 0 Å². The first-order chi connectivity index (χ1) is 7.10. The van der Waals surface area contributed by atoms with E-state index in [-0.39, 0.29) is 29.5 Å². The highest BCUT2D eigenvalue weighted by Gasteiger charge is 2.13. The normalized spacial score (nSPS) is 10.1. The van der Waals surface area contributed by atoms with Crippen LogP contribution in [-0.2, 0) is 0 Å². The van der Waals surface area contributed by atoms with E-state index in [2.05, 4.69) is 0 Å². The van der Waals surface area contributed by atoms with Crippen molar-refractivity contribution in [2.24, 2.45) is 5.73 Å². The quantitative estimate of drug-likeness (QED) is 0.807. The Balaban J connectivity index is 3.10. The van der Waals surface area contributed by atoms with E-state index in [1.807, 2.05) is 0 Å². The summed E-state index contributed by atoms with van der Waals surface area (Å²) in [5.74, 6) is -0.885. The number of halogens is 2. The predicted molar refractivity (Wildman–Crippen MR) is 56.0 cm³/mol. The van der Waals surface area contributed by atoms with Crippen LogP contribution in [-0.4, -0.2) is 19.4 Å². The summed E-state index contributed by atoms with van der Waals surface area (Å²) < 4.78 is 18.0. The molecule has 0 aliphatic carbocycles. The molecule has 0 atom stereocenters. The van der Waals surface area contributed by atoms with Gasteiger partial charge in [0.2, 0.25) is 0 Å². The first kappa shape index (κ1) is 11.9. The van der Waals surface area contributed by atoms with Gasteiger partial charge in [-0.25, -0.2) is 4.39 Å². The molecule has 0 radical (unpaired) electrons. The zero-order valence-electron chi connectivity index (χ0n) is 8.22. The summed E-state index contributed by atoms with van der Waals surface area (Å²) in [4.78, 5) is 11.5. The minimum absolute atomic E-state index is 0.0390. The molecular formula is C10H11ClFNO2. The second kappa shape index (κ2) is 5.09. The maximum atomic E-state index is 13.2. The van der Waals surface area contributed by atoms with Gasteiger partial charge in [0.1, 0.15) is 0 Å². The van der Waals surface area contributed by atoms with Gasteiger partial charge in [-0.3, -0.25) is 4.79 Å². The van der Waals surface area contributed by atoms with Gasteiger partial charge in [-0.15, -0.1) is 0 Å². The molecule has 15 heavy (non-hydrogen) atoms. The van der Waals surface area contributed by atoms with Crippen molar-refractivity contribution >= 4 is 17.4 Å². The molecule has 82 valence electrons. The summed E-state index contributed by atoms with van der Waals surface area (Å²) in [7, 11) is 1.31. The number of Topliss-reactive ketones (excluding diaryl/α,β-unsaturated/α-hetero) is 1. The summed E-state index contributed by atoms with van der Waals surface area (Å²) in [5.41, 5.74) is 5.56. The van der Waals surface area contributed by atoms with Crippen LogP contribution in [0.1, 0.15) is 16.8 Å². The fourth-order valence-electron chi connectivity index (χ4n) is 1.15. The Morgan fingerprint density at radius 2 is 2.27 bits per heavy atom. The second-order valence-electron chi connectivity index (χ2n) is 2.94. The standard InChI is InChI=1S/C10H11ClFNO2/c1-15-9-5-6(8(14)2-3-13)4-7(11)10(9)12/h4-5H,2-3,13H2,1H3. The lowest BCUT2D eigenvalue weighted by Gasteiger charge is -2.06. The van der Waals surface area contributed by atoms with Crippen LogP contribution in [0.5, 0.6) is 5.75 Å². The van der Waals surface area contributed by atoms with Crippen molar-refractivity contribution in [3.05, 3.63) is 28.5 Å². The molecule has 0 saturated heterocycles. The Morgan fingerprint density at radius 1 is 1.60 bits per heavy atom. The average molecular weight is 232 g/mol. The first-order valence-electron chi connectivity index (χ1n) is 4.36. The largest absolute Gasteiger partial charge is 0.494 e. The number of benzene rings is 1. The molecule has 1 aromatic rings. The number of ether oxygens (including phenoxy) is 1. The number of hydrogen-bond acceptors (Lipinski definition) is 3. The number of ketones is 1. The van der Waals surface area contributed by atoms with E-state index >= 15 is 0 Å². The lowest BCUT2D eigenvalue weighted by atomic mass is 10.1. The Bertz CT molecular complexity index is 382.